The second kappa shape index (κ2) is 8.20. The second-order valence-electron chi connectivity index (χ2n) is 8.21. The first kappa shape index (κ1) is 20.9. The van der Waals surface area contributed by atoms with Crippen molar-refractivity contribution in [2.24, 2.45) is 5.16 Å². The lowest BCUT2D eigenvalue weighted by molar-refractivity contribution is -0.140. The van der Waals surface area contributed by atoms with Crippen molar-refractivity contribution in [2.45, 2.75) is 33.7 Å². The lowest BCUT2D eigenvalue weighted by Crippen LogP contribution is -2.17. The van der Waals surface area contributed by atoms with Gasteiger partial charge in [-0.2, -0.15) is 0 Å². The van der Waals surface area contributed by atoms with Crippen LogP contribution < -0.4 is 4.74 Å². The minimum absolute atomic E-state index is 0.00537. The largest absolute Gasteiger partial charge is 0.492 e. The van der Waals surface area contributed by atoms with Gasteiger partial charge in [0, 0.05) is 58.9 Å². The van der Waals surface area contributed by atoms with Crippen LogP contribution in [0.3, 0.4) is 0 Å². The molecule has 0 spiro atoms. The van der Waals surface area contributed by atoms with Gasteiger partial charge in [-0.15, -0.1) is 0 Å². The minimum atomic E-state index is -0.460. The van der Waals surface area contributed by atoms with E-state index in [2.05, 4.69) is 16.6 Å². The van der Waals surface area contributed by atoms with E-state index in [9.17, 15) is 9.59 Å². The summed E-state index contributed by atoms with van der Waals surface area (Å²) in [5.74, 6) is 0.262. The normalized spacial score (nSPS) is 14.3. The summed E-state index contributed by atoms with van der Waals surface area (Å²) >= 11 is 0. The number of ether oxygens (including phenoxy) is 1. The number of aryl methyl sites for hydroxylation is 2. The number of nitrogens with zero attached hydrogens (tertiary/aromatic N) is 2. The molecule has 1 aliphatic heterocycles. The van der Waals surface area contributed by atoms with Crippen molar-refractivity contribution >= 4 is 39.3 Å². The van der Waals surface area contributed by atoms with Gasteiger partial charge in [-0.3, -0.25) is 4.79 Å². The summed E-state index contributed by atoms with van der Waals surface area (Å²) in [6.07, 6.45) is 0.551. The van der Waals surface area contributed by atoms with Crippen LogP contribution >= 0.6 is 0 Å². The molecule has 0 bridgehead atoms. The minimum Gasteiger partial charge on any atom is -0.492 e. The summed E-state index contributed by atoms with van der Waals surface area (Å²) in [5.41, 5.74) is 5.87. The number of carbonyl (C=O) groups excluding carboxylic acids is 2. The third-order valence-electron chi connectivity index (χ3n) is 6.13. The van der Waals surface area contributed by atoms with E-state index < -0.39 is 5.97 Å². The van der Waals surface area contributed by atoms with Crippen LogP contribution in [0.15, 0.2) is 59.8 Å². The molecule has 0 aliphatic carbocycles. The number of aromatic nitrogens is 1. The van der Waals surface area contributed by atoms with Crippen LogP contribution in [0.4, 0.5) is 0 Å². The average Bonchev–Trinajstić information content (AvgIpc) is 3.13. The maximum Gasteiger partial charge on any atom is 0.331 e. The summed E-state index contributed by atoms with van der Waals surface area (Å²) in [4.78, 5) is 29.5. The highest BCUT2D eigenvalue weighted by molar-refractivity contribution is 6.17. The first-order valence-corrected chi connectivity index (χ1v) is 11.1. The molecule has 0 saturated heterocycles. The standard InChI is InChI=1S/C27H24N2O4/c1-4-29-24-10-9-18(27(31)19-8-6-5-7-16(19)2)13-20(24)21-14-22-23(28-33-17(3)30)11-12-32-26(22)15-25(21)29/h5-10,13-15H,4,11-12H2,1-3H3/b28-23+. The van der Waals surface area contributed by atoms with Gasteiger partial charge in [0.15, 0.2) is 5.78 Å². The van der Waals surface area contributed by atoms with Crippen molar-refractivity contribution in [1.82, 2.24) is 4.57 Å². The first-order valence-electron chi connectivity index (χ1n) is 11.1. The first-order chi connectivity index (χ1) is 16.0. The highest BCUT2D eigenvalue weighted by Crippen LogP contribution is 2.37. The maximum absolute atomic E-state index is 13.3. The second-order valence-corrected chi connectivity index (χ2v) is 8.21. The number of benzene rings is 3. The Hall–Kier alpha value is -3.93. The highest BCUT2D eigenvalue weighted by atomic mass is 16.7. The summed E-state index contributed by atoms with van der Waals surface area (Å²) < 4.78 is 8.12. The zero-order valence-corrected chi connectivity index (χ0v) is 18.8. The van der Waals surface area contributed by atoms with E-state index in [-0.39, 0.29) is 5.78 Å². The Balaban J connectivity index is 1.71. The number of rotatable bonds is 4. The van der Waals surface area contributed by atoms with Crippen molar-refractivity contribution < 1.29 is 19.2 Å². The molecule has 0 amide bonds. The van der Waals surface area contributed by atoms with Gasteiger partial charge in [-0.1, -0.05) is 29.4 Å². The van der Waals surface area contributed by atoms with Crippen LogP contribution in [-0.4, -0.2) is 28.6 Å². The lowest BCUT2D eigenvalue weighted by Gasteiger charge is -2.19. The molecule has 0 radical (unpaired) electrons. The van der Waals surface area contributed by atoms with Crippen LogP contribution in [-0.2, 0) is 16.2 Å². The van der Waals surface area contributed by atoms with Gasteiger partial charge in [0.2, 0.25) is 0 Å². The molecular formula is C27H24N2O4. The van der Waals surface area contributed by atoms with Gasteiger partial charge in [0.1, 0.15) is 5.75 Å². The Kier molecular flexibility index (Phi) is 5.21. The van der Waals surface area contributed by atoms with E-state index in [0.717, 1.165) is 39.5 Å². The molecule has 6 heteroatoms. The fourth-order valence-electron chi connectivity index (χ4n) is 4.54. The molecule has 166 valence electrons. The monoisotopic (exact) mass is 440 g/mol. The molecule has 0 fully saturated rings. The Bertz CT molecular complexity index is 1460. The fourth-order valence-corrected chi connectivity index (χ4v) is 4.54. The number of hydrogen-bond donors (Lipinski definition) is 0. The molecule has 0 N–H and O–H groups in total. The summed E-state index contributed by atoms with van der Waals surface area (Å²) in [6, 6.07) is 17.6. The van der Waals surface area contributed by atoms with E-state index in [1.54, 1.807) is 0 Å². The molecule has 2 heterocycles. The topological polar surface area (TPSA) is 69.9 Å². The molecule has 4 aromatic rings. The van der Waals surface area contributed by atoms with Gasteiger partial charge >= 0.3 is 5.97 Å². The quantitative estimate of drug-likeness (QED) is 0.242. The van der Waals surface area contributed by atoms with E-state index in [0.29, 0.717) is 35.6 Å². The van der Waals surface area contributed by atoms with Gasteiger partial charge < -0.3 is 14.1 Å². The third-order valence-corrected chi connectivity index (χ3v) is 6.13. The van der Waals surface area contributed by atoms with Gasteiger partial charge in [-0.05, 0) is 43.7 Å². The molecular weight excluding hydrogens is 416 g/mol. The maximum atomic E-state index is 13.3. The van der Waals surface area contributed by atoms with Crippen molar-refractivity contribution in [1.29, 1.82) is 0 Å². The third kappa shape index (κ3) is 3.57. The highest BCUT2D eigenvalue weighted by Gasteiger charge is 2.22. The predicted molar refractivity (Wildman–Crippen MR) is 128 cm³/mol. The summed E-state index contributed by atoms with van der Waals surface area (Å²) in [5, 5.41) is 6.06. The molecule has 6 nitrogen and oxygen atoms in total. The fraction of sp³-hybridized carbons (Fsp3) is 0.222. The lowest BCUT2D eigenvalue weighted by atomic mass is 9.97. The van der Waals surface area contributed by atoms with Gasteiger partial charge in [-0.25, -0.2) is 4.79 Å². The molecule has 0 unspecified atom stereocenters. The van der Waals surface area contributed by atoms with E-state index in [1.807, 2.05) is 61.5 Å². The molecule has 1 aliphatic rings. The molecule has 0 atom stereocenters. The number of fused-ring (bicyclic) bond motifs is 4. The van der Waals surface area contributed by atoms with Gasteiger partial charge in [0.05, 0.1) is 17.8 Å². The molecule has 0 saturated carbocycles. The van der Waals surface area contributed by atoms with E-state index in [4.69, 9.17) is 9.57 Å². The van der Waals surface area contributed by atoms with Crippen LogP contribution in [0.2, 0.25) is 0 Å². The van der Waals surface area contributed by atoms with Crippen molar-refractivity contribution in [3.05, 3.63) is 76.9 Å². The van der Waals surface area contributed by atoms with Crippen LogP contribution in [0.25, 0.3) is 21.8 Å². The van der Waals surface area contributed by atoms with Crippen molar-refractivity contribution in [2.75, 3.05) is 6.61 Å². The number of oxime groups is 1. The van der Waals surface area contributed by atoms with Crippen LogP contribution in [0, 0.1) is 6.92 Å². The summed E-state index contributed by atoms with van der Waals surface area (Å²) in [6.45, 7) is 6.62. The average molecular weight is 440 g/mol. The van der Waals surface area contributed by atoms with E-state index >= 15 is 0 Å². The summed E-state index contributed by atoms with van der Waals surface area (Å²) in [7, 11) is 0. The number of ketones is 1. The zero-order chi connectivity index (χ0) is 23.1. The molecule has 33 heavy (non-hydrogen) atoms. The van der Waals surface area contributed by atoms with Crippen LogP contribution in [0.1, 0.15) is 47.3 Å². The Morgan fingerprint density at radius 1 is 1.06 bits per heavy atom. The van der Waals surface area contributed by atoms with Crippen molar-refractivity contribution in [3.63, 3.8) is 0 Å². The van der Waals surface area contributed by atoms with E-state index in [1.165, 1.54) is 6.92 Å². The Morgan fingerprint density at radius 3 is 2.61 bits per heavy atom. The van der Waals surface area contributed by atoms with Gasteiger partial charge in [0.25, 0.3) is 0 Å². The predicted octanol–water partition coefficient (Wildman–Crippen LogP) is 5.40. The molecule has 5 rings (SSSR count). The number of carbonyl (C=O) groups is 2. The SMILES string of the molecule is CCn1c2ccc(C(=O)c3ccccc3C)cc2c2cc3c(cc21)OCC/C3=N\OC(C)=O. The number of hydrogen-bond acceptors (Lipinski definition) is 5. The smallest absolute Gasteiger partial charge is 0.331 e. The Morgan fingerprint density at radius 2 is 1.85 bits per heavy atom. The molecule has 1 aromatic heterocycles. The molecule has 3 aromatic carbocycles. The Labute approximate surface area is 191 Å². The van der Waals surface area contributed by atoms with Crippen LogP contribution in [0.5, 0.6) is 5.75 Å². The van der Waals surface area contributed by atoms with Crippen molar-refractivity contribution in [3.8, 4) is 5.75 Å². The zero-order valence-electron chi connectivity index (χ0n) is 18.8.